The lowest BCUT2D eigenvalue weighted by Gasteiger charge is -2.36. The van der Waals surface area contributed by atoms with E-state index in [4.69, 9.17) is 9.47 Å². The molecule has 0 saturated heterocycles. The van der Waals surface area contributed by atoms with Gasteiger partial charge in [-0.1, -0.05) is 227 Å². The Hall–Kier alpha value is -1.67. The summed E-state index contributed by atoms with van der Waals surface area (Å²) in [6.07, 6.45) is 54.4. The van der Waals surface area contributed by atoms with Gasteiger partial charge in [0.25, 0.3) is 0 Å². The highest BCUT2D eigenvalue weighted by Gasteiger charge is 2.25. The van der Waals surface area contributed by atoms with Gasteiger partial charge in [0.05, 0.1) is 19.3 Å². The molecule has 8 heteroatoms. The summed E-state index contributed by atoms with van der Waals surface area (Å²) in [6.45, 7) is 14.8. The lowest BCUT2D eigenvalue weighted by molar-refractivity contribution is -0.146. The minimum Gasteiger partial charge on any atom is -0.465 e. The molecule has 74 heavy (non-hydrogen) atoms. The second kappa shape index (κ2) is 52.1. The number of rotatable bonds is 55. The van der Waals surface area contributed by atoms with Crippen molar-refractivity contribution in [2.45, 2.75) is 361 Å². The van der Waals surface area contributed by atoms with Gasteiger partial charge in [-0.2, -0.15) is 0 Å². The lowest BCUT2D eigenvalue weighted by Crippen LogP contribution is -2.40. The van der Waals surface area contributed by atoms with Crippen molar-refractivity contribution in [3.63, 3.8) is 0 Å². The summed E-state index contributed by atoms with van der Waals surface area (Å²) in [5.41, 5.74) is 0. The van der Waals surface area contributed by atoms with E-state index in [1.54, 1.807) is 0 Å². The van der Waals surface area contributed by atoms with Crippen LogP contribution in [-0.4, -0.2) is 84.3 Å². The predicted molar refractivity (Wildman–Crippen MR) is 317 cm³/mol. The predicted octanol–water partition coefficient (Wildman–Crippen LogP) is 19.0. The number of aliphatic hydroxyl groups is 1. The van der Waals surface area contributed by atoms with Crippen molar-refractivity contribution in [2.24, 2.45) is 11.8 Å². The number of carbonyl (C=O) groups is 3. The number of esters is 2. The second-order valence-corrected chi connectivity index (χ2v) is 23.8. The van der Waals surface area contributed by atoms with Gasteiger partial charge in [-0.15, -0.1) is 0 Å². The molecule has 0 spiro atoms. The van der Waals surface area contributed by atoms with E-state index in [1.165, 1.54) is 193 Å². The SMILES string of the molecule is CCCCCCCCC(CCCCCC)COC(=O)CCCCCC(CCCCCC(=O)OCC(CCCCCC)CCCCCCCC)N(C)C(=O)CCCCCN(CCCCCCCC)C1CCC(O)CC1. The molecule has 1 rings (SSSR count). The molecule has 1 amide bonds. The number of hydrogen-bond acceptors (Lipinski definition) is 7. The van der Waals surface area contributed by atoms with Gasteiger partial charge in [0.1, 0.15) is 0 Å². The van der Waals surface area contributed by atoms with Gasteiger partial charge in [-0.3, -0.25) is 14.4 Å². The van der Waals surface area contributed by atoms with Crippen LogP contribution in [0.1, 0.15) is 343 Å². The van der Waals surface area contributed by atoms with Crippen molar-refractivity contribution in [3.05, 3.63) is 0 Å². The van der Waals surface area contributed by atoms with Crippen LogP contribution in [0.4, 0.5) is 0 Å². The van der Waals surface area contributed by atoms with Crippen molar-refractivity contribution >= 4 is 17.8 Å². The highest BCUT2D eigenvalue weighted by molar-refractivity contribution is 5.76. The fraction of sp³-hybridized carbons (Fsp3) is 0.955. The van der Waals surface area contributed by atoms with Crippen LogP contribution in [0.15, 0.2) is 0 Å². The zero-order chi connectivity index (χ0) is 54.0. The summed E-state index contributed by atoms with van der Waals surface area (Å²) in [6, 6.07) is 0.759. The zero-order valence-corrected chi connectivity index (χ0v) is 50.5. The standard InChI is InChI=1S/C66H128N2O6/c1-7-12-17-22-25-33-44-59(42-31-20-15-10-4)57-73-65(71)49-38-28-35-46-61(47-36-29-39-50-66(72)74-58-60(43-32-21-16-11-5)45-34-26-23-18-13-8-2)67(6)64(70)48-37-30-41-56-68(55-40-27-24-19-14-9-3)62-51-53-63(69)54-52-62/h59-63,69H,7-58H2,1-6H3. The normalized spacial score (nSPS) is 16.1. The first kappa shape index (κ1) is 70.3. The van der Waals surface area contributed by atoms with Gasteiger partial charge >= 0.3 is 11.9 Å². The number of nitrogens with zero attached hydrogens (tertiary/aromatic N) is 2. The number of hydrogen-bond donors (Lipinski definition) is 1. The van der Waals surface area contributed by atoms with Gasteiger partial charge in [0.2, 0.25) is 5.91 Å². The number of amides is 1. The van der Waals surface area contributed by atoms with E-state index in [9.17, 15) is 19.5 Å². The highest BCUT2D eigenvalue weighted by atomic mass is 16.5. The molecule has 0 aromatic carbocycles. The maximum Gasteiger partial charge on any atom is 0.305 e. The van der Waals surface area contributed by atoms with E-state index in [-0.39, 0.29) is 30.0 Å². The Balaban J connectivity index is 2.74. The Morgan fingerprint density at radius 2 is 0.716 bits per heavy atom. The van der Waals surface area contributed by atoms with E-state index in [1.807, 2.05) is 7.05 Å². The van der Waals surface area contributed by atoms with Crippen LogP contribution in [0.2, 0.25) is 0 Å². The van der Waals surface area contributed by atoms with Crippen LogP contribution < -0.4 is 0 Å². The Morgan fingerprint density at radius 1 is 0.405 bits per heavy atom. The second-order valence-electron chi connectivity index (χ2n) is 23.8. The first-order chi connectivity index (χ1) is 36.2. The molecule has 2 unspecified atom stereocenters. The summed E-state index contributed by atoms with van der Waals surface area (Å²) >= 11 is 0. The number of unbranched alkanes of at least 4 members (excludes halogenated alkanes) is 27. The third kappa shape index (κ3) is 41.4. The molecule has 8 nitrogen and oxygen atoms in total. The molecular weight excluding hydrogens is 917 g/mol. The molecule has 0 bridgehead atoms. The van der Waals surface area contributed by atoms with Crippen molar-refractivity contribution in [2.75, 3.05) is 33.4 Å². The van der Waals surface area contributed by atoms with Crippen LogP contribution in [0, 0.1) is 11.8 Å². The Morgan fingerprint density at radius 3 is 1.12 bits per heavy atom. The number of aliphatic hydroxyl groups excluding tert-OH is 1. The summed E-state index contributed by atoms with van der Waals surface area (Å²) in [5, 5.41) is 10.2. The van der Waals surface area contributed by atoms with Crippen LogP contribution in [0.5, 0.6) is 0 Å². The third-order valence-electron chi connectivity index (χ3n) is 16.9. The van der Waals surface area contributed by atoms with Gasteiger partial charge in [-0.05, 0) is 121 Å². The van der Waals surface area contributed by atoms with E-state index < -0.39 is 0 Å². The maximum absolute atomic E-state index is 13.8. The molecule has 438 valence electrons. The van der Waals surface area contributed by atoms with Crippen LogP contribution in [-0.2, 0) is 23.9 Å². The molecule has 1 N–H and O–H groups in total. The van der Waals surface area contributed by atoms with Crippen molar-refractivity contribution in [1.82, 2.24) is 9.80 Å². The van der Waals surface area contributed by atoms with E-state index in [0.29, 0.717) is 50.4 Å². The summed E-state index contributed by atoms with van der Waals surface area (Å²) < 4.78 is 11.9. The molecule has 1 saturated carbocycles. The van der Waals surface area contributed by atoms with E-state index >= 15 is 0 Å². The Labute approximate surface area is 460 Å². The minimum absolute atomic E-state index is 0.0442. The fourth-order valence-electron chi connectivity index (χ4n) is 11.7. The van der Waals surface area contributed by atoms with E-state index in [2.05, 4.69) is 44.4 Å². The van der Waals surface area contributed by atoms with Crippen molar-refractivity contribution in [3.8, 4) is 0 Å². The molecular formula is C66H128N2O6. The van der Waals surface area contributed by atoms with Gasteiger partial charge in [0.15, 0.2) is 0 Å². The first-order valence-corrected chi connectivity index (χ1v) is 33.2. The largest absolute Gasteiger partial charge is 0.465 e. The molecule has 0 radical (unpaired) electrons. The molecule has 1 aliphatic rings. The van der Waals surface area contributed by atoms with E-state index in [0.717, 1.165) is 109 Å². The van der Waals surface area contributed by atoms with Crippen molar-refractivity contribution in [1.29, 1.82) is 0 Å². The summed E-state index contributed by atoms with van der Waals surface area (Å²) in [5.74, 6) is 1.14. The minimum atomic E-state index is -0.124. The van der Waals surface area contributed by atoms with Gasteiger partial charge in [0, 0.05) is 38.4 Å². The average molecular weight is 1050 g/mol. The smallest absolute Gasteiger partial charge is 0.305 e. The zero-order valence-electron chi connectivity index (χ0n) is 50.5. The Bertz CT molecular complexity index is 1180. The van der Waals surface area contributed by atoms with Crippen LogP contribution in [0.25, 0.3) is 0 Å². The summed E-state index contributed by atoms with van der Waals surface area (Å²) in [7, 11) is 2.02. The number of carbonyl (C=O) groups excluding carboxylic acids is 3. The maximum atomic E-state index is 13.8. The average Bonchev–Trinajstić information content (AvgIpc) is 3.40. The fourth-order valence-corrected chi connectivity index (χ4v) is 11.7. The van der Waals surface area contributed by atoms with Crippen LogP contribution >= 0.6 is 0 Å². The molecule has 1 fully saturated rings. The lowest BCUT2D eigenvalue weighted by atomic mass is 9.91. The summed E-state index contributed by atoms with van der Waals surface area (Å²) in [4.78, 5) is 44.6. The van der Waals surface area contributed by atoms with Gasteiger partial charge < -0.3 is 24.4 Å². The van der Waals surface area contributed by atoms with Crippen LogP contribution in [0.3, 0.4) is 0 Å². The van der Waals surface area contributed by atoms with Gasteiger partial charge in [-0.25, -0.2) is 0 Å². The molecule has 1 aliphatic carbocycles. The topological polar surface area (TPSA) is 96.4 Å². The number of ether oxygens (including phenoxy) is 2. The van der Waals surface area contributed by atoms with Crippen molar-refractivity contribution < 1.29 is 29.0 Å². The quantitative estimate of drug-likeness (QED) is 0.0479. The molecule has 2 atom stereocenters. The molecule has 0 aromatic heterocycles. The first-order valence-electron chi connectivity index (χ1n) is 33.2. The molecule has 0 aliphatic heterocycles. The Kier molecular flexibility index (Phi) is 49.5. The highest BCUT2D eigenvalue weighted by Crippen LogP contribution is 2.26. The monoisotopic (exact) mass is 1040 g/mol. The molecule has 0 heterocycles. The molecule has 0 aromatic rings. The third-order valence-corrected chi connectivity index (χ3v) is 16.9.